The molecule has 10 nitrogen and oxygen atoms in total. The standard InChI is InChI=1S/C20H28N10/c1-3-7-28-8-5-9-29(12-11-28)19-17-18(22-14-27(17)2)23-20(24-19)21-13-16-26-25-15-6-4-10-30(15)16/h3,14H,1,4-13H2,2H3,(H,21,23,24). The summed E-state index contributed by atoms with van der Waals surface area (Å²) in [4.78, 5) is 18.8. The minimum atomic E-state index is 0.553. The highest BCUT2D eigenvalue weighted by molar-refractivity contribution is 5.85. The third kappa shape index (κ3) is 3.51. The molecule has 2 aliphatic heterocycles. The van der Waals surface area contributed by atoms with Crippen molar-refractivity contribution in [2.45, 2.75) is 32.4 Å². The van der Waals surface area contributed by atoms with Crippen molar-refractivity contribution in [1.82, 2.24) is 39.2 Å². The van der Waals surface area contributed by atoms with E-state index in [1.165, 1.54) is 0 Å². The summed E-state index contributed by atoms with van der Waals surface area (Å²) in [5.41, 5.74) is 1.68. The van der Waals surface area contributed by atoms with Crippen molar-refractivity contribution in [2.24, 2.45) is 7.05 Å². The lowest BCUT2D eigenvalue weighted by Gasteiger charge is -2.23. The molecule has 0 radical (unpaired) electrons. The monoisotopic (exact) mass is 408 g/mol. The van der Waals surface area contributed by atoms with Crippen molar-refractivity contribution in [3.8, 4) is 0 Å². The van der Waals surface area contributed by atoms with Crippen LogP contribution in [0.5, 0.6) is 0 Å². The van der Waals surface area contributed by atoms with Crippen LogP contribution in [-0.2, 0) is 26.6 Å². The number of anilines is 2. The van der Waals surface area contributed by atoms with Gasteiger partial charge < -0.3 is 19.4 Å². The van der Waals surface area contributed by atoms with E-state index < -0.39 is 0 Å². The van der Waals surface area contributed by atoms with Crippen molar-refractivity contribution < 1.29 is 0 Å². The summed E-state index contributed by atoms with van der Waals surface area (Å²) in [6.45, 7) is 10.3. The molecule has 3 aromatic rings. The fraction of sp³-hybridized carbons (Fsp3) is 0.550. The van der Waals surface area contributed by atoms with Gasteiger partial charge in [0.1, 0.15) is 11.3 Å². The van der Waals surface area contributed by atoms with Crippen molar-refractivity contribution in [2.75, 3.05) is 42.9 Å². The molecule has 2 aliphatic rings. The van der Waals surface area contributed by atoms with Gasteiger partial charge in [0.05, 0.1) is 12.9 Å². The van der Waals surface area contributed by atoms with Gasteiger partial charge in [0, 0.05) is 52.7 Å². The van der Waals surface area contributed by atoms with Crippen LogP contribution in [0.1, 0.15) is 24.5 Å². The number of aryl methyl sites for hydroxylation is 2. The summed E-state index contributed by atoms with van der Waals surface area (Å²) in [5, 5.41) is 12.0. The van der Waals surface area contributed by atoms with E-state index in [2.05, 4.69) is 46.4 Å². The van der Waals surface area contributed by atoms with Crippen LogP contribution in [0, 0.1) is 0 Å². The first-order valence-electron chi connectivity index (χ1n) is 10.6. The van der Waals surface area contributed by atoms with Crippen molar-refractivity contribution in [1.29, 1.82) is 0 Å². The van der Waals surface area contributed by atoms with Gasteiger partial charge in [-0.15, -0.1) is 16.8 Å². The number of nitrogens with one attached hydrogen (secondary N) is 1. The van der Waals surface area contributed by atoms with Gasteiger partial charge in [0.2, 0.25) is 5.95 Å². The Morgan fingerprint density at radius 3 is 2.93 bits per heavy atom. The number of hydrogen-bond acceptors (Lipinski definition) is 8. The van der Waals surface area contributed by atoms with E-state index in [9.17, 15) is 0 Å². The van der Waals surface area contributed by atoms with E-state index in [0.717, 1.165) is 81.5 Å². The molecule has 5 rings (SSSR count). The van der Waals surface area contributed by atoms with E-state index in [-0.39, 0.29) is 0 Å². The molecule has 0 unspecified atom stereocenters. The van der Waals surface area contributed by atoms with E-state index in [1.807, 2.05) is 17.7 Å². The van der Waals surface area contributed by atoms with Gasteiger partial charge in [-0.25, -0.2) is 4.98 Å². The molecule has 5 heterocycles. The van der Waals surface area contributed by atoms with Crippen LogP contribution >= 0.6 is 0 Å². The zero-order chi connectivity index (χ0) is 20.5. The van der Waals surface area contributed by atoms with Gasteiger partial charge in [0.25, 0.3) is 0 Å². The Morgan fingerprint density at radius 2 is 2.03 bits per heavy atom. The lowest BCUT2D eigenvalue weighted by molar-refractivity contribution is 0.325. The summed E-state index contributed by atoms with van der Waals surface area (Å²) in [6.07, 6.45) is 7.01. The maximum absolute atomic E-state index is 4.91. The molecular formula is C20H28N10. The smallest absolute Gasteiger partial charge is 0.227 e. The molecule has 0 aromatic carbocycles. The van der Waals surface area contributed by atoms with Gasteiger partial charge in [-0.2, -0.15) is 9.97 Å². The Bertz CT molecular complexity index is 1050. The van der Waals surface area contributed by atoms with E-state index in [1.54, 1.807) is 6.33 Å². The number of rotatable bonds is 6. The van der Waals surface area contributed by atoms with E-state index in [0.29, 0.717) is 18.1 Å². The van der Waals surface area contributed by atoms with E-state index >= 15 is 0 Å². The third-order valence-corrected chi connectivity index (χ3v) is 5.92. The second-order valence-electron chi connectivity index (χ2n) is 7.97. The molecule has 30 heavy (non-hydrogen) atoms. The summed E-state index contributed by atoms with van der Waals surface area (Å²) < 4.78 is 4.20. The van der Waals surface area contributed by atoms with Crippen molar-refractivity contribution in [3.63, 3.8) is 0 Å². The number of imidazole rings is 1. The second kappa shape index (κ2) is 8.02. The molecule has 1 N–H and O–H groups in total. The highest BCUT2D eigenvalue weighted by Crippen LogP contribution is 2.26. The van der Waals surface area contributed by atoms with Crippen LogP contribution in [0.3, 0.4) is 0 Å². The number of fused-ring (bicyclic) bond motifs is 2. The minimum absolute atomic E-state index is 0.553. The Morgan fingerprint density at radius 1 is 1.10 bits per heavy atom. The largest absolute Gasteiger partial charge is 0.353 e. The molecule has 10 heteroatoms. The number of hydrogen-bond donors (Lipinski definition) is 1. The van der Waals surface area contributed by atoms with Gasteiger partial charge in [-0.1, -0.05) is 6.08 Å². The van der Waals surface area contributed by atoms with Crippen molar-refractivity contribution in [3.05, 3.63) is 30.6 Å². The van der Waals surface area contributed by atoms with Gasteiger partial charge >= 0.3 is 0 Å². The van der Waals surface area contributed by atoms with Crippen LogP contribution in [0.4, 0.5) is 11.8 Å². The quantitative estimate of drug-likeness (QED) is 0.609. The highest BCUT2D eigenvalue weighted by atomic mass is 15.3. The van der Waals surface area contributed by atoms with E-state index in [4.69, 9.17) is 4.98 Å². The predicted molar refractivity (Wildman–Crippen MR) is 115 cm³/mol. The number of aromatic nitrogens is 7. The zero-order valence-corrected chi connectivity index (χ0v) is 17.5. The first-order valence-corrected chi connectivity index (χ1v) is 10.6. The zero-order valence-electron chi connectivity index (χ0n) is 17.5. The van der Waals surface area contributed by atoms with Gasteiger partial charge in [0.15, 0.2) is 17.3 Å². The molecule has 0 aliphatic carbocycles. The molecular weight excluding hydrogens is 380 g/mol. The van der Waals surface area contributed by atoms with Crippen molar-refractivity contribution >= 4 is 22.9 Å². The van der Waals surface area contributed by atoms with Crippen LogP contribution in [0.15, 0.2) is 19.0 Å². The Hall–Kier alpha value is -3.01. The summed E-state index contributed by atoms with van der Waals surface area (Å²) in [5.74, 6) is 3.53. The Kier molecular flexibility index (Phi) is 5.07. The summed E-state index contributed by atoms with van der Waals surface area (Å²) in [7, 11) is 2.00. The van der Waals surface area contributed by atoms with Crippen LogP contribution in [0.2, 0.25) is 0 Å². The molecule has 158 valence electrons. The van der Waals surface area contributed by atoms with Crippen LogP contribution in [-0.4, -0.2) is 71.9 Å². The predicted octanol–water partition coefficient (Wildman–Crippen LogP) is 1.21. The topological polar surface area (TPSA) is 92.8 Å². The minimum Gasteiger partial charge on any atom is -0.353 e. The second-order valence-corrected chi connectivity index (χ2v) is 7.97. The molecule has 0 bridgehead atoms. The average Bonchev–Trinajstić information content (AvgIpc) is 3.41. The Balaban J connectivity index is 1.41. The maximum atomic E-state index is 4.91. The molecule has 1 saturated heterocycles. The molecule has 0 spiro atoms. The van der Waals surface area contributed by atoms with Crippen LogP contribution < -0.4 is 10.2 Å². The fourth-order valence-electron chi connectivity index (χ4n) is 4.38. The molecule has 0 saturated carbocycles. The Labute approximate surface area is 175 Å². The fourth-order valence-corrected chi connectivity index (χ4v) is 4.38. The lowest BCUT2D eigenvalue weighted by Crippen LogP contribution is -2.31. The number of nitrogens with zero attached hydrogens (tertiary/aromatic N) is 9. The molecule has 0 amide bonds. The summed E-state index contributed by atoms with van der Waals surface area (Å²) >= 11 is 0. The first-order chi connectivity index (χ1) is 14.7. The van der Waals surface area contributed by atoms with Gasteiger partial charge in [-0.05, 0) is 12.8 Å². The SMILES string of the molecule is C=CCN1CCCN(c2nc(NCc3nnc4n3CCC4)nc3ncn(C)c23)CC1. The van der Waals surface area contributed by atoms with Gasteiger partial charge in [-0.3, -0.25) is 4.90 Å². The lowest BCUT2D eigenvalue weighted by atomic mass is 10.3. The molecule has 1 fully saturated rings. The highest BCUT2D eigenvalue weighted by Gasteiger charge is 2.22. The first kappa shape index (κ1) is 19.0. The normalized spacial score (nSPS) is 17.3. The summed E-state index contributed by atoms with van der Waals surface area (Å²) in [6, 6.07) is 0. The molecule has 0 atom stereocenters. The average molecular weight is 409 g/mol. The third-order valence-electron chi connectivity index (χ3n) is 5.92. The van der Waals surface area contributed by atoms with Crippen LogP contribution in [0.25, 0.3) is 11.2 Å². The molecule has 3 aromatic heterocycles. The maximum Gasteiger partial charge on any atom is 0.227 e.